The van der Waals surface area contributed by atoms with Gasteiger partial charge in [-0.15, -0.1) is 11.6 Å². The second-order valence-electron chi connectivity index (χ2n) is 2.66. The van der Waals surface area contributed by atoms with Crippen LogP contribution in [0.1, 0.15) is 6.42 Å². The maximum absolute atomic E-state index is 11.4. The highest BCUT2D eigenvalue weighted by molar-refractivity contribution is 7.89. The molecule has 1 N–H and O–H groups in total. The third-order valence-electron chi connectivity index (χ3n) is 1.69. The molecule has 0 unspecified atom stereocenters. The summed E-state index contributed by atoms with van der Waals surface area (Å²) in [5, 5.41) is 2.43. The number of hydrogen-bond donors (Lipinski definition) is 1. The first kappa shape index (κ1) is 10.6. The van der Waals surface area contributed by atoms with Gasteiger partial charge in [-0.25, -0.2) is 17.5 Å². The summed E-state index contributed by atoms with van der Waals surface area (Å²) in [5.41, 5.74) is 0. The van der Waals surface area contributed by atoms with Gasteiger partial charge in [0.15, 0.2) is 0 Å². The molecule has 2 amide bonds. The highest BCUT2D eigenvalue weighted by Crippen LogP contribution is 2.07. The Labute approximate surface area is 82.1 Å². The summed E-state index contributed by atoms with van der Waals surface area (Å²) in [4.78, 5) is 11.0. The third kappa shape index (κ3) is 2.47. The molecule has 0 atom stereocenters. The van der Waals surface area contributed by atoms with Crippen LogP contribution in [0.2, 0.25) is 0 Å². The summed E-state index contributed by atoms with van der Waals surface area (Å²) in [7, 11) is -3.43. The molecule has 1 heterocycles. The Kier molecular flexibility index (Phi) is 3.38. The van der Waals surface area contributed by atoms with Gasteiger partial charge >= 0.3 is 6.03 Å². The number of hydrogen-bond acceptors (Lipinski definition) is 3. The van der Waals surface area contributed by atoms with Crippen LogP contribution in [-0.2, 0) is 10.0 Å². The first-order valence-corrected chi connectivity index (χ1v) is 6.06. The van der Waals surface area contributed by atoms with Crippen molar-refractivity contribution < 1.29 is 13.2 Å². The molecule has 1 aliphatic rings. The number of nitrogens with one attached hydrogen (secondary N) is 1. The minimum absolute atomic E-state index is 0.0656. The number of halogens is 1. The third-order valence-corrected chi connectivity index (χ3v) is 3.78. The van der Waals surface area contributed by atoms with Crippen molar-refractivity contribution in [1.29, 1.82) is 0 Å². The molecule has 1 saturated heterocycles. The molecular formula is C6H11ClN2O3S. The van der Waals surface area contributed by atoms with Gasteiger partial charge in [-0.05, 0) is 6.42 Å². The lowest BCUT2D eigenvalue weighted by Crippen LogP contribution is -2.35. The number of rotatable bonds is 4. The van der Waals surface area contributed by atoms with Crippen LogP contribution in [0.4, 0.5) is 4.79 Å². The molecular weight excluding hydrogens is 216 g/mol. The average molecular weight is 227 g/mol. The average Bonchev–Trinajstić information content (AvgIpc) is 2.48. The summed E-state index contributed by atoms with van der Waals surface area (Å²) in [5.74, 6) is 0.221. The molecule has 0 bridgehead atoms. The Bertz CT molecular complexity index is 290. The van der Waals surface area contributed by atoms with E-state index in [0.29, 0.717) is 13.0 Å². The zero-order chi connectivity index (χ0) is 9.90. The summed E-state index contributed by atoms with van der Waals surface area (Å²) < 4.78 is 23.7. The van der Waals surface area contributed by atoms with Crippen molar-refractivity contribution in [3.8, 4) is 0 Å². The van der Waals surface area contributed by atoms with Gasteiger partial charge in [0, 0.05) is 12.4 Å². The number of nitrogens with zero attached hydrogens (tertiary/aromatic N) is 1. The number of carbonyl (C=O) groups excluding carboxylic acids is 1. The number of carbonyl (C=O) groups is 1. The molecule has 0 saturated carbocycles. The molecule has 1 aliphatic heterocycles. The van der Waals surface area contributed by atoms with Gasteiger partial charge < -0.3 is 5.32 Å². The van der Waals surface area contributed by atoms with E-state index in [9.17, 15) is 13.2 Å². The second-order valence-corrected chi connectivity index (χ2v) is 5.05. The molecule has 13 heavy (non-hydrogen) atoms. The molecule has 0 aromatic carbocycles. The van der Waals surface area contributed by atoms with E-state index in [-0.39, 0.29) is 18.2 Å². The fourth-order valence-electron chi connectivity index (χ4n) is 1.07. The maximum atomic E-state index is 11.4. The highest BCUT2D eigenvalue weighted by atomic mass is 35.5. The van der Waals surface area contributed by atoms with E-state index in [1.807, 2.05) is 0 Å². The van der Waals surface area contributed by atoms with Crippen molar-refractivity contribution in [1.82, 2.24) is 9.62 Å². The van der Waals surface area contributed by atoms with E-state index in [1.54, 1.807) is 0 Å². The largest absolute Gasteiger partial charge is 0.335 e. The van der Waals surface area contributed by atoms with Crippen molar-refractivity contribution in [2.24, 2.45) is 0 Å². The van der Waals surface area contributed by atoms with Crippen LogP contribution in [0.15, 0.2) is 0 Å². The molecule has 76 valence electrons. The first-order valence-electron chi connectivity index (χ1n) is 3.92. The summed E-state index contributed by atoms with van der Waals surface area (Å²) in [6, 6.07) is -0.533. The molecule has 0 spiro atoms. The first-order chi connectivity index (χ1) is 6.08. The van der Waals surface area contributed by atoms with Gasteiger partial charge in [0.05, 0.1) is 12.3 Å². The van der Waals surface area contributed by atoms with Crippen LogP contribution >= 0.6 is 11.6 Å². The quantitative estimate of drug-likeness (QED) is 0.685. The minimum Gasteiger partial charge on any atom is -0.335 e. The molecule has 0 aromatic rings. The molecule has 0 aromatic heterocycles. The van der Waals surface area contributed by atoms with Gasteiger partial charge in [-0.2, -0.15) is 0 Å². The van der Waals surface area contributed by atoms with Crippen LogP contribution in [-0.4, -0.2) is 43.5 Å². The Morgan fingerprint density at radius 3 is 2.69 bits per heavy atom. The monoisotopic (exact) mass is 226 g/mol. The molecule has 5 nitrogen and oxygen atoms in total. The molecule has 1 fully saturated rings. The van der Waals surface area contributed by atoms with E-state index in [4.69, 9.17) is 11.6 Å². The smallest absolute Gasteiger partial charge is 0.331 e. The topological polar surface area (TPSA) is 66.5 Å². The van der Waals surface area contributed by atoms with Crippen LogP contribution in [0.25, 0.3) is 0 Å². The zero-order valence-corrected chi connectivity index (χ0v) is 8.57. The van der Waals surface area contributed by atoms with Gasteiger partial charge in [-0.1, -0.05) is 0 Å². The van der Waals surface area contributed by atoms with Crippen LogP contribution in [0.5, 0.6) is 0 Å². The van der Waals surface area contributed by atoms with Gasteiger partial charge in [0.2, 0.25) is 10.0 Å². The van der Waals surface area contributed by atoms with Crippen molar-refractivity contribution in [3.63, 3.8) is 0 Å². The number of amides is 2. The van der Waals surface area contributed by atoms with E-state index in [0.717, 1.165) is 4.31 Å². The lowest BCUT2D eigenvalue weighted by molar-refractivity contribution is 0.236. The Hall–Kier alpha value is -0.490. The molecule has 1 rings (SSSR count). The number of alkyl halides is 1. The standard InChI is InChI=1S/C6H11ClN2O3S/c7-2-1-5-13(11,12)9-4-3-8-6(9)10/h1-5H2,(H,8,10). The number of urea groups is 1. The maximum Gasteiger partial charge on any atom is 0.331 e. The van der Waals surface area contributed by atoms with Crippen molar-refractivity contribution in [2.75, 3.05) is 24.7 Å². The summed E-state index contributed by atoms with van der Waals surface area (Å²) >= 11 is 5.37. The Morgan fingerprint density at radius 1 is 1.54 bits per heavy atom. The van der Waals surface area contributed by atoms with Crippen LogP contribution < -0.4 is 5.32 Å². The highest BCUT2D eigenvalue weighted by Gasteiger charge is 2.30. The fourth-order valence-corrected chi connectivity index (χ4v) is 2.77. The second kappa shape index (κ2) is 4.15. The predicted octanol–water partition coefficient (Wildman–Crippen LogP) is -0.0297. The van der Waals surface area contributed by atoms with Crippen molar-refractivity contribution >= 4 is 27.7 Å². The zero-order valence-electron chi connectivity index (χ0n) is 6.99. The number of sulfonamides is 1. The fraction of sp³-hybridized carbons (Fsp3) is 0.833. The molecule has 0 aliphatic carbocycles. The molecule has 0 radical (unpaired) electrons. The van der Waals surface area contributed by atoms with E-state index >= 15 is 0 Å². The Morgan fingerprint density at radius 2 is 2.23 bits per heavy atom. The van der Waals surface area contributed by atoms with E-state index < -0.39 is 16.1 Å². The lowest BCUT2D eigenvalue weighted by Gasteiger charge is -2.13. The summed E-state index contributed by atoms with van der Waals surface area (Å²) in [6.07, 6.45) is 0.369. The molecule has 7 heteroatoms. The van der Waals surface area contributed by atoms with Gasteiger partial charge in [0.1, 0.15) is 0 Å². The van der Waals surface area contributed by atoms with E-state index in [2.05, 4.69) is 5.32 Å². The minimum atomic E-state index is -3.43. The normalized spacial score (nSPS) is 17.6. The summed E-state index contributed by atoms with van der Waals surface area (Å²) in [6.45, 7) is 0.613. The Balaban J connectivity index is 2.63. The van der Waals surface area contributed by atoms with Gasteiger partial charge in [0.25, 0.3) is 0 Å². The van der Waals surface area contributed by atoms with Crippen molar-refractivity contribution in [2.45, 2.75) is 6.42 Å². The van der Waals surface area contributed by atoms with Crippen LogP contribution in [0.3, 0.4) is 0 Å². The predicted molar refractivity (Wildman–Crippen MR) is 49.2 cm³/mol. The SMILES string of the molecule is O=C1NCCN1S(=O)(=O)CCCCl. The lowest BCUT2D eigenvalue weighted by atomic mass is 10.6. The van der Waals surface area contributed by atoms with Crippen LogP contribution in [0, 0.1) is 0 Å². The van der Waals surface area contributed by atoms with Crippen molar-refractivity contribution in [3.05, 3.63) is 0 Å². The van der Waals surface area contributed by atoms with E-state index in [1.165, 1.54) is 0 Å². The van der Waals surface area contributed by atoms with Gasteiger partial charge in [-0.3, -0.25) is 0 Å².